The van der Waals surface area contributed by atoms with Gasteiger partial charge in [0.15, 0.2) is 0 Å². The van der Waals surface area contributed by atoms with E-state index in [1.54, 1.807) is 0 Å². The molecule has 0 fully saturated rings. The van der Waals surface area contributed by atoms with Gasteiger partial charge in [0.1, 0.15) is 5.75 Å². The van der Waals surface area contributed by atoms with Crippen molar-refractivity contribution >= 4 is 0 Å². The summed E-state index contributed by atoms with van der Waals surface area (Å²) in [5.41, 5.74) is 6.47. The van der Waals surface area contributed by atoms with Gasteiger partial charge in [-0.2, -0.15) is 0 Å². The number of ether oxygens (including phenoxy) is 1. The molecule has 0 amide bonds. The van der Waals surface area contributed by atoms with Gasteiger partial charge in [0.05, 0.1) is 17.7 Å². The summed E-state index contributed by atoms with van der Waals surface area (Å²) in [5, 5.41) is 0. The summed E-state index contributed by atoms with van der Waals surface area (Å²) in [5.74, 6) is 6.76. The molecule has 1 rings (SSSR count). The molecule has 0 aromatic heterocycles. The molecule has 0 radical (unpaired) electrons. The molecule has 1 aromatic rings. The van der Waals surface area contributed by atoms with Crippen LogP contribution in [0.4, 0.5) is 0 Å². The lowest BCUT2D eigenvalue weighted by Gasteiger charge is -2.10. The fourth-order valence-corrected chi connectivity index (χ4v) is 1.12. The second kappa shape index (κ2) is 5.43. The number of benzene rings is 1. The van der Waals surface area contributed by atoms with Crippen molar-refractivity contribution in [1.29, 1.82) is 0 Å². The Balaban J connectivity index is 2.92. The first-order valence-electron chi connectivity index (χ1n) is 5.12. The van der Waals surface area contributed by atoms with Crippen molar-refractivity contribution in [2.24, 2.45) is 5.73 Å². The first kappa shape index (κ1) is 11.6. The Kier molecular flexibility index (Phi) is 4.20. The van der Waals surface area contributed by atoms with Crippen LogP contribution in [0.15, 0.2) is 24.3 Å². The molecule has 80 valence electrons. The highest BCUT2D eigenvalue weighted by atomic mass is 16.5. The maximum atomic E-state index is 5.63. The first-order chi connectivity index (χ1) is 7.09. The van der Waals surface area contributed by atoms with Crippen LogP contribution in [-0.2, 0) is 0 Å². The van der Waals surface area contributed by atoms with Crippen molar-refractivity contribution < 1.29 is 4.74 Å². The van der Waals surface area contributed by atoms with Crippen LogP contribution in [-0.4, -0.2) is 12.1 Å². The van der Waals surface area contributed by atoms with Gasteiger partial charge in [0.2, 0.25) is 0 Å². The van der Waals surface area contributed by atoms with Crippen LogP contribution in [0, 0.1) is 11.8 Å². The van der Waals surface area contributed by atoms with Gasteiger partial charge in [-0.1, -0.05) is 24.0 Å². The Hall–Kier alpha value is -1.46. The van der Waals surface area contributed by atoms with E-state index < -0.39 is 0 Å². The molecule has 2 heteroatoms. The molecule has 0 heterocycles. The van der Waals surface area contributed by atoms with E-state index in [9.17, 15) is 0 Å². The Morgan fingerprint density at radius 1 is 1.20 bits per heavy atom. The Morgan fingerprint density at radius 3 is 2.47 bits per heavy atom. The maximum absolute atomic E-state index is 5.63. The zero-order chi connectivity index (χ0) is 11.3. The molecular weight excluding hydrogens is 186 g/mol. The van der Waals surface area contributed by atoms with Gasteiger partial charge < -0.3 is 10.5 Å². The second-order valence-corrected chi connectivity index (χ2v) is 3.72. The standard InChI is InChI=1S/C13H17NO/c1-10(2)15-13-7-5-4-6-12(13)9-8-11(3)14/h4-7,10-11H,14H2,1-3H3. The highest BCUT2D eigenvalue weighted by molar-refractivity contribution is 5.46. The van der Waals surface area contributed by atoms with Crippen molar-refractivity contribution in [2.45, 2.75) is 32.9 Å². The third-order valence-electron chi connectivity index (χ3n) is 1.68. The lowest BCUT2D eigenvalue weighted by atomic mass is 10.2. The molecule has 2 N–H and O–H groups in total. The van der Waals surface area contributed by atoms with Crippen LogP contribution in [0.5, 0.6) is 5.75 Å². The summed E-state index contributed by atoms with van der Waals surface area (Å²) in [7, 11) is 0. The van der Waals surface area contributed by atoms with Gasteiger partial charge in [0.25, 0.3) is 0 Å². The molecule has 1 unspecified atom stereocenters. The lowest BCUT2D eigenvalue weighted by molar-refractivity contribution is 0.242. The third-order valence-corrected chi connectivity index (χ3v) is 1.68. The number of para-hydroxylation sites is 1. The van der Waals surface area contributed by atoms with Crippen LogP contribution in [0.1, 0.15) is 26.3 Å². The largest absolute Gasteiger partial charge is 0.490 e. The van der Waals surface area contributed by atoms with Gasteiger partial charge in [-0.15, -0.1) is 0 Å². The molecule has 0 aliphatic rings. The average Bonchev–Trinajstić information content (AvgIpc) is 2.15. The molecule has 0 spiro atoms. The van der Waals surface area contributed by atoms with Crippen LogP contribution in [0.2, 0.25) is 0 Å². The van der Waals surface area contributed by atoms with Gasteiger partial charge in [-0.05, 0) is 32.9 Å². The van der Waals surface area contributed by atoms with Gasteiger partial charge in [-0.25, -0.2) is 0 Å². The highest BCUT2D eigenvalue weighted by Gasteiger charge is 2.01. The van der Waals surface area contributed by atoms with E-state index in [1.807, 2.05) is 45.0 Å². The van der Waals surface area contributed by atoms with Crippen molar-refractivity contribution in [1.82, 2.24) is 0 Å². The zero-order valence-corrected chi connectivity index (χ0v) is 9.45. The minimum atomic E-state index is -0.114. The molecule has 0 saturated carbocycles. The fourth-order valence-electron chi connectivity index (χ4n) is 1.12. The van der Waals surface area contributed by atoms with E-state index in [2.05, 4.69) is 11.8 Å². The minimum absolute atomic E-state index is 0.114. The fraction of sp³-hybridized carbons (Fsp3) is 0.385. The lowest BCUT2D eigenvalue weighted by Crippen LogP contribution is -2.11. The van der Waals surface area contributed by atoms with E-state index in [0.29, 0.717) is 0 Å². The van der Waals surface area contributed by atoms with Crippen LogP contribution in [0.3, 0.4) is 0 Å². The van der Waals surface area contributed by atoms with Crippen molar-refractivity contribution in [2.75, 3.05) is 0 Å². The van der Waals surface area contributed by atoms with E-state index in [4.69, 9.17) is 10.5 Å². The normalized spacial score (nSPS) is 11.8. The van der Waals surface area contributed by atoms with Gasteiger partial charge in [-0.3, -0.25) is 0 Å². The molecule has 1 atom stereocenters. The average molecular weight is 203 g/mol. The first-order valence-corrected chi connectivity index (χ1v) is 5.12. The Labute approximate surface area is 91.4 Å². The van der Waals surface area contributed by atoms with Crippen LogP contribution >= 0.6 is 0 Å². The predicted octanol–water partition coefficient (Wildman–Crippen LogP) is 2.17. The number of hydrogen-bond donors (Lipinski definition) is 1. The molecule has 1 aromatic carbocycles. The monoisotopic (exact) mass is 203 g/mol. The molecule has 2 nitrogen and oxygen atoms in total. The smallest absolute Gasteiger partial charge is 0.135 e. The summed E-state index contributed by atoms with van der Waals surface area (Å²) in [6, 6.07) is 7.63. The zero-order valence-electron chi connectivity index (χ0n) is 9.45. The summed E-state index contributed by atoms with van der Waals surface area (Å²) < 4.78 is 5.63. The van der Waals surface area contributed by atoms with E-state index >= 15 is 0 Å². The molecule has 0 aliphatic carbocycles. The Bertz CT molecular complexity index is 372. The van der Waals surface area contributed by atoms with Gasteiger partial charge in [0, 0.05) is 0 Å². The van der Waals surface area contributed by atoms with E-state index in [0.717, 1.165) is 11.3 Å². The summed E-state index contributed by atoms with van der Waals surface area (Å²) >= 11 is 0. The van der Waals surface area contributed by atoms with E-state index in [1.165, 1.54) is 0 Å². The summed E-state index contributed by atoms with van der Waals surface area (Å²) in [4.78, 5) is 0. The number of nitrogens with two attached hydrogens (primary N) is 1. The maximum Gasteiger partial charge on any atom is 0.135 e. The Morgan fingerprint density at radius 2 is 1.87 bits per heavy atom. The molecular formula is C13H17NO. The SMILES string of the molecule is CC(N)C#Cc1ccccc1OC(C)C. The van der Waals surface area contributed by atoms with Crippen molar-refractivity contribution in [3.63, 3.8) is 0 Å². The topological polar surface area (TPSA) is 35.2 Å². The molecule has 0 bridgehead atoms. The quantitative estimate of drug-likeness (QED) is 0.748. The third kappa shape index (κ3) is 4.05. The predicted molar refractivity (Wildman–Crippen MR) is 62.7 cm³/mol. The molecule has 0 saturated heterocycles. The van der Waals surface area contributed by atoms with Gasteiger partial charge >= 0.3 is 0 Å². The van der Waals surface area contributed by atoms with Crippen molar-refractivity contribution in [3.05, 3.63) is 29.8 Å². The molecule has 0 aliphatic heterocycles. The molecule has 15 heavy (non-hydrogen) atoms. The van der Waals surface area contributed by atoms with Crippen LogP contribution in [0.25, 0.3) is 0 Å². The van der Waals surface area contributed by atoms with Crippen molar-refractivity contribution in [3.8, 4) is 17.6 Å². The highest BCUT2D eigenvalue weighted by Crippen LogP contribution is 2.17. The minimum Gasteiger partial charge on any atom is -0.490 e. The summed E-state index contributed by atoms with van der Waals surface area (Å²) in [6.07, 6.45) is 0.156. The van der Waals surface area contributed by atoms with E-state index in [-0.39, 0.29) is 12.1 Å². The number of rotatable bonds is 2. The number of hydrogen-bond acceptors (Lipinski definition) is 2. The van der Waals surface area contributed by atoms with Crippen LogP contribution < -0.4 is 10.5 Å². The second-order valence-electron chi connectivity index (χ2n) is 3.72. The summed E-state index contributed by atoms with van der Waals surface area (Å²) in [6.45, 7) is 5.85.